The SMILES string of the molecule is CCCCCCCCCCCCCCCCCCCCCCCCCC/C=C/CCCC(O)C(O)C(CO)NC(=O)C(O)CCCCCCCCCCCCCCCCCCC. The Morgan fingerprint density at radius 1 is 0.387 bits per heavy atom. The van der Waals surface area contributed by atoms with Crippen LogP contribution in [0.25, 0.3) is 0 Å². The van der Waals surface area contributed by atoms with E-state index in [-0.39, 0.29) is 0 Å². The lowest BCUT2D eigenvalue weighted by Gasteiger charge is -2.27. The van der Waals surface area contributed by atoms with Crippen LogP contribution in [0.4, 0.5) is 0 Å². The molecule has 0 aromatic heterocycles. The van der Waals surface area contributed by atoms with E-state index < -0.39 is 36.9 Å². The van der Waals surface area contributed by atoms with E-state index in [9.17, 15) is 25.2 Å². The average Bonchev–Trinajstić information content (AvgIpc) is 3.28. The lowest BCUT2D eigenvalue weighted by atomic mass is 10.00. The largest absolute Gasteiger partial charge is 0.394 e. The first-order valence-electron chi connectivity index (χ1n) is 28.1. The molecule has 370 valence electrons. The van der Waals surface area contributed by atoms with Gasteiger partial charge in [-0.2, -0.15) is 0 Å². The van der Waals surface area contributed by atoms with Crippen LogP contribution < -0.4 is 5.32 Å². The smallest absolute Gasteiger partial charge is 0.249 e. The Balaban J connectivity index is 3.61. The van der Waals surface area contributed by atoms with Gasteiger partial charge in [0.15, 0.2) is 0 Å². The van der Waals surface area contributed by atoms with Gasteiger partial charge in [0.25, 0.3) is 0 Å². The first-order valence-corrected chi connectivity index (χ1v) is 28.1. The number of amides is 1. The molecule has 0 heterocycles. The minimum atomic E-state index is -1.28. The van der Waals surface area contributed by atoms with Crippen LogP contribution in [-0.4, -0.2) is 57.3 Å². The molecule has 0 aliphatic carbocycles. The summed E-state index contributed by atoms with van der Waals surface area (Å²) in [5, 5.41) is 43.9. The van der Waals surface area contributed by atoms with Crippen molar-refractivity contribution in [2.45, 2.75) is 334 Å². The van der Waals surface area contributed by atoms with Crippen LogP contribution in [0.2, 0.25) is 0 Å². The third-order valence-corrected chi connectivity index (χ3v) is 13.5. The Morgan fingerprint density at radius 2 is 0.661 bits per heavy atom. The van der Waals surface area contributed by atoms with E-state index in [1.54, 1.807) is 0 Å². The van der Waals surface area contributed by atoms with Gasteiger partial charge in [0, 0.05) is 0 Å². The fraction of sp³-hybridized carbons (Fsp3) is 0.946. The van der Waals surface area contributed by atoms with Crippen LogP contribution in [0.1, 0.15) is 309 Å². The molecule has 0 fully saturated rings. The molecular weight excluding hydrogens is 767 g/mol. The van der Waals surface area contributed by atoms with Gasteiger partial charge in [-0.3, -0.25) is 4.79 Å². The van der Waals surface area contributed by atoms with Gasteiger partial charge in [-0.15, -0.1) is 0 Å². The fourth-order valence-corrected chi connectivity index (χ4v) is 9.06. The topological polar surface area (TPSA) is 110 Å². The third-order valence-electron chi connectivity index (χ3n) is 13.5. The van der Waals surface area contributed by atoms with E-state index in [2.05, 4.69) is 31.3 Å². The van der Waals surface area contributed by atoms with Gasteiger partial charge in [-0.1, -0.05) is 283 Å². The molecule has 0 saturated heterocycles. The van der Waals surface area contributed by atoms with Crippen LogP contribution >= 0.6 is 0 Å². The summed E-state index contributed by atoms with van der Waals surface area (Å²) >= 11 is 0. The van der Waals surface area contributed by atoms with Crippen LogP contribution in [0.3, 0.4) is 0 Å². The van der Waals surface area contributed by atoms with Crippen LogP contribution in [0.5, 0.6) is 0 Å². The number of rotatable bonds is 52. The molecule has 0 spiro atoms. The maximum atomic E-state index is 12.6. The van der Waals surface area contributed by atoms with Gasteiger partial charge >= 0.3 is 0 Å². The number of hydrogen-bond acceptors (Lipinski definition) is 5. The number of hydrogen-bond donors (Lipinski definition) is 5. The predicted molar refractivity (Wildman–Crippen MR) is 270 cm³/mol. The van der Waals surface area contributed by atoms with Crippen LogP contribution in [0, 0.1) is 0 Å². The van der Waals surface area contributed by atoms with Crippen molar-refractivity contribution in [2.24, 2.45) is 0 Å². The highest BCUT2D eigenvalue weighted by atomic mass is 16.3. The molecule has 0 aromatic rings. The van der Waals surface area contributed by atoms with Crippen LogP contribution in [-0.2, 0) is 4.79 Å². The third kappa shape index (κ3) is 44.3. The zero-order valence-electron chi connectivity index (χ0n) is 41.9. The molecule has 6 nitrogen and oxygen atoms in total. The molecule has 0 radical (unpaired) electrons. The zero-order valence-corrected chi connectivity index (χ0v) is 41.9. The van der Waals surface area contributed by atoms with Crippen molar-refractivity contribution < 1.29 is 25.2 Å². The van der Waals surface area contributed by atoms with Crippen LogP contribution in [0.15, 0.2) is 12.2 Å². The summed E-state index contributed by atoms with van der Waals surface area (Å²) in [5.41, 5.74) is 0. The fourth-order valence-electron chi connectivity index (χ4n) is 9.06. The minimum Gasteiger partial charge on any atom is -0.394 e. The normalized spacial score (nSPS) is 13.8. The summed E-state index contributed by atoms with van der Waals surface area (Å²) in [6.45, 7) is 4.08. The molecule has 0 rings (SSSR count). The molecule has 62 heavy (non-hydrogen) atoms. The number of nitrogens with one attached hydrogen (secondary N) is 1. The highest BCUT2D eigenvalue weighted by Crippen LogP contribution is 2.18. The highest BCUT2D eigenvalue weighted by molar-refractivity contribution is 5.80. The van der Waals surface area contributed by atoms with E-state index in [1.807, 2.05) is 0 Å². The van der Waals surface area contributed by atoms with E-state index in [0.717, 1.165) is 38.5 Å². The van der Waals surface area contributed by atoms with Crippen molar-refractivity contribution in [1.82, 2.24) is 5.32 Å². The van der Waals surface area contributed by atoms with Gasteiger partial charge in [0.2, 0.25) is 5.91 Å². The summed E-state index contributed by atoms with van der Waals surface area (Å²) < 4.78 is 0. The summed E-state index contributed by atoms with van der Waals surface area (Å²) in [5.74, 6) is -0.588. The van der Waals surface area contributed by atoms with Crippen molar-refractivity contribution in [3.05, 3.63) is 12.2 Å². The van der Waals surface area contributed by atoms with E-state index in [0.29, 0.717) is 12.8 Å². The van der Waals surface area contributed by atoms with E-state index in [1.165, 1.54) is 244 Å². The average molecular weight is 879 g/mol. The Morgan fingerprint density at radius 3 is 0.968 bits per heavy atom. The molecule has 5 N–H and O–H groups in total. The molecule has 4 unspecified atom stereocenters. The monoisotopic (exact) mass is 878 g/mol. The van der Waals surface area contributed by atoms with Crippen molar-refractivity contribution in [3.8, 4) is 0 Å². The Bertz CT molecular complexity index is 898. The first-order chi connectivity index (χ1) is 30.5. The van der Waals surface area contributed by atoms with Gasteiger partial charge in [0.1, 0.15) is 12.2 Å². The molecule has 0 bridgehead atoms. The van der Waals surface area contributed by atoms with E-state index in [4.69, 9.17) is 0 Å². The van der Waals surface area contributed by atoms with Crippen molar-refractivity contribution in [3.63, 3.8) is 0 Å². The standard InChI is InChI=1S/C56H111NO5/c1-3-5-7-9-11-13-15-17-19-21-22-23-24-25-26-27-28-29-30-31-32-34-35-37-39-41-43-45-47-49-53(59)55(61)52(51-58)57-56(62)54(60)50-48-46-44-42-40-38-36-33-20-18-16-14-12-10-8-6-4-2/h41,43,52-55,58-61H,3-40,42,44-51H2,1-2H3,(H,57,62)/b43-41+. The van der Waals surface area contributed by atoms with Gasteiger partial charge in [0.05, 0.1) is 18.8 Å². The lowest BCUT2D eigenvalue weighted by molar-refractivity contribution is -0.132. The second kappa shape index (κ2) is 51.0. The maximum absolute atomic E-state index is 12.6. The number of aliphatic hydroxyl groups is 4. The number of aliphatic hydroxyl groups excluding tert-OH is 4. The Labute approximate surface area is 387 Å². The van der Waals surface area contributed by atoms with Crippen molar-refractivity contribution in [1.29, 1.82) is 0 Å². The lowest BCUT2D eigenvalue weighted by Crippen LogP contribution is -2.53. The Hall–Kier alpha value is -0.950. The summed E-state index contributed by atoms with van der Waals surface area (Å²) in [7, 11) is 0. The highest BCUT2D eigenvalue weighted by Gasteiger charge is 2.28. The minimum absolute atomic E-state index is 0.368. The van der Waals surface area contributed by atoms with Crippen molar-refractivity contribution in [2.75, 3.05) is 6.61 Å². The molecule has 6 heteroatoms. The molecular formula is C56H111NO5. The molecule has 0 aromatic carbocycles. The molecule has 0 saturated carbocycles. The number of carbonyl (C=O) groups is 1. The molecule has 1 amide bonds. The second-order valence-electron chi connectivity index (χ2n) is 19.6. The quantitative estimate of drug-likeness (QED) is 0.0309. The number of unbranched alkanes of at least 4 members (excludes halogenated alkanes) is 41. The summed E-state index contributed by atoms with van der Waals surface area (Å²) in [6.07, 6.45) is 60.0. The number of allylic oxidation sites excluding steroid dienone is 2. The Kier molecular flexibility index (Phi) is 50.3. The summed E-state index contributed by atoms with van der Waals surface area (Å²) in [4.78, 5) is 12.6. The first kappa shape index (κ1) is 61.0. The van der Waals surface area contributed by atoms with Gasteiger partial charge in [-0.05, 0) is 38.5 Å². The van der Waals surface area contributed by atoms with Gasteiger partial charge < -0.3 is 25.7 Å². The predicted octanol–water partition coefficient (Wildman–Crippen LogP) is 16.1. The maximum Gasteiger partial charge on any atom is 0.249 e. The van der Waals surface area contributed by atoms with Gasteiger partial charge in [-0.25, -0.2) is 0 Å². The van der Waals surface area contributed by atoms with Crippen molar-refractivity contribution >= 4 is 5.91 Å². The van der Waals surface area contributed by atoms with E-state index >= 15 is 0 Å². The summed E-state index contributed by atoms with van der Waals surface area (Å²) in [6, 6.07) is -0.998. The zero-order chi connectivity index (χ0) is 45.2. The second-order valence-corrected chi connectivity index (χ2v) is 19.6. The molecule has 4 atom stereocenters. The number of carbonyl (C=O) groups excluding carboxylic acids is 1. The molecule has 0 aliphatic heterocycles. The molecule has 0 aliphatic rings.